The molecule has 136 valence electrons. The lowest BCUT2D eigenvalue weighted by Crippen LogP contribution is -2.30. The van der Waals surface area contributed by atoms with Gasteiger partial charge in [0.2, 0.25) is 0 Å². The molecular weight excluding hydrogens is 341 g/mol. The molecule has 0 aliphatic carbocycles. The number of ether oxygens (including phenoxy) is 2. The molecule has 2 aromatic carbocycles. The predicted molar refractivity (Wildman–Crippen MR) is 91.2 cm³/mol. The van der Waals surface area contributed by atoms with Gasteiger partial charge in [-0.25, -0.2) is 14.0 Å². The SMILES string of the molecule is COC(=O)c1ccc(C(=O)OCC(=O)NCCc2ccc(F)cc2)cc1. The molecule has 0 aliphatic rings. The molecule has 1 amide bonds. The van der Waals surface area contributed by atoms with Crippen LogP contribution in [0.2, 0.25) is 0 Å². The predicted octanol–water partition coefficient (Wildman–Crippen LogP) is 2.13. The van der Waals surface area contributed by atoms with E-state index in [1.807, 2.05) is 0 Å². The number of carbonyl (C=O) groups is 3. The molecule has 0 fully saturated rings. The van der Waals surface area contributed by atoms with E-state index < -0.39 is 24.5 Å². The van der Waals surface area contributed by atoms with Gasteiger partial charge >= 0.3 is 11.9 Å². The van der Waals surface area contributed by atoms with Crippen molar-refractivity contribution in [2.24, 2.45) is 0 Å². The van der Waals surface area contributed by atoms with Crippen LogP contribution >= 0.6 is 0 Å². The zero-order valence-electron chi connectivity index (χ0n) is 14.2. The minimum Gasteiger partial charge on any atom is -0.465 e. The standard InChI is InChI=1S/C19H18FNO5/c1-25-18(23)14-4-6-15(7-5-14)19(24)26-12-17(22)21-11-10-13-2-8-16(20)9-3-13/h2-9H,10-12H2,1H3,(H,21,22). The first-order valence-corrected chi connectivity index (χ1v) is 7.86. The van der Waals surface area contributed by atoms with Crippen LogP contribution in [0.15, 0.2) is 48.5 Å². The molecule has 26 heavy (non-hydrogen) atoms. The monoisotopic (exact) mass is 359 g/mol. The topological polar surface area (TPSA) is 81.7 Å². The molecule has 0 aromatic heterocycles. The summed E-state index contributed by atoms with van der Waals surface area (Å²) in [6, 6.07) is 11.7. The fourth-order valence-electron chi connectivity index (χ4n) is 2.12. The third-order valence-corrected chi connectivity index (χ3v) is 3.53. The number of hydrogen-bond acceptors (Lipinski definition) is 5. The van der Waals surface area contributed by atoms with Crippen molar-refractivity contribution in [1.82, 2.24) is 5.32 Å². The fourth-order valence-corrected chi connectivity index (χ4v) is 2.12. The molecule has 6 nitrogen and oxygen atoms in total. The first-order chi connectivity index (χ1) is 12.5. The molecular formula is C19H18FNO5. The van der Waals surface area contributed by atoms with Gasteiger partial charge in [0, 0.05) is 6.54 Å². The second-order valence-corrected chi connectivity index (χ2v) is 5.37. The lowest BCUT2D eigenvalue weighted by molar-refractivity contribution is -0.124. The molecule has 0 radical (unpaired) electrons. The second-order valence-electron chi connectivity index (χ2n) is 5.37. The Morgan fingerprint density at radius 3 is 2.08 bits per heavy atom. The molecule has 0 aliphatic heterocycles. The Bertz CT molecular complexity index is 772. The van der Waals surface area contributed by atoms with Gasteiger partial charge in [0.1, 0.15) is 5.82 Å². The third kappa shape index (κ3) is 5.70. The third-order valence-electron chi connectivity index (χ3n) is 3.53. The molecule has 2 rings (SSSR count). The number of methoxy groups -OCH3 is 1. The zero-order chi connectivity index (χ0) is 18.9. The van der Waals surface area contributed by atoms with Crippen molar-refractivity contribution in [2.75, 3.05) is 20.3 Å². The Hall–Kier alpha value is -3.22. The van der Waals surface area contributed by atoms with Crippen molar-refractivity contribution in [3.8, 4) is 0 Å². The smallest absolute Gasteiger partial charge is 0.338 e. The van der Waals surface area contributed by atoms with Gasteiger partial charge in [-0.1, -0.05) is 12.1 Å². The van der Waals surface area contributed by atoms with Gasteiger partial charge in [0.15, 0.2) is 6.61 Å². The van der Waals surface area contributed by atoms with Crippen LogP contribution in [0.3, 0.4) is 0 Å². The lowest BCUT2D eigenvalue weighted by Gasteiger charge is -2.07. The molecule has 0 saturated heterocycles. The molecule has 1 N–H and O–H groups in total. The van der Waals surface area contributed by atoms with Gasteiger partial charge in [0.05, 0.1) is 18.2 Å². The zero-order valence-corrected chi connectivity index (χ0v) is 14.2. The van der Waals surface area contributed by atoms with Crippen molar-refractivity contribution < 1.29 is 28.2 Å². The van der Waals surface area contributed by atoms with Crippen LogP contribution in [-0.4, -0.2) is 38.1 Å². The van der Waals surface area contributed by atoms with Gasteiger partial charge in [-0.2, -0.15) is 0 Å². The Morgan fingerprint density at radius 1 is 0.923 bits per heavy atom. The number of rotatable bonds is 7. The van der Waals surface area contributed by atoms with Gasteiger partial charge in [0.25, 0.3) is 5.91 Å². The summed E-state index contributed by atoms with van der Waals surface area (Å²) in [6.45, 7) is -0.0726. The summed E-state index contributed by atoms with van der Waals surface area (Å²) in [7, 11) is 1.26. The summed E-state index contributed by atoms with van der Waals surface area (Å²) in [6.07, 6.45) is 0.537. The van der Waals surface area contributed by atoms with Crippen molar-refractivity contribution >= 4 is 17.8 Å². The van der Waals surface area contributed by atoms with Crippen LogP contribution < -0.4 is 5.32 Å². The van der Waals surface area contributed by atoms with Crippen molar-refractivity contribution in [3.05, 3.63) is 71.0 Å². The van der Waals surface area contributed by atoms with Crippen molar-refractivity contribution in [3.63, 3.8) is 0 Å². The van der Waals surface area contributed by atoms with Gasteiger partial charge in [-0.15, -0.1) is 0 Å². The summed E-state index contributed by atoms with van der Waals surface area (Å²) < 4.78 is 22.3. The lowest BCUT2D eigenvalue weighted by atomic mass is 10.1. The van der Waals surface area contributed by atoms with E-state index in [1.54, 1.807) is 12.1 Å². The van der Waals surface area contributed by atoms with Gasteiger partial charge in [-0.05, 0) is 48.4 Å². The molecule has 0 bridgehead atoms. The van der Waals surface area contributed by atoms with Crippen LogP contribution in [0.5, 0.6) is 0 Å². The maximum absolute atomic E-state index is 12.8. The Balaban J connectivity index is 1.73. The summed E-state index contributed by atoms with van der Waals surface area (Å²) in [5, 5.41) is 2.61. The molecule has 2 aromatic rings. The molecule has 0 heterocycles. The number of amides is 1. The molecule has 0 unspecified atom stereocenters. The Morgan fingerprint density at radius 2 is 1.50 bits per heavy atom. The number of hydrogen-bond donors (Lipinski definition) is 1. The van der Waals surface area contributed by atoms with E-state index in [0.717, 1.165) is 5.56 Å². The second kappa shape index (κ2) is 9.31. The molecule has 7 heteroatoms. The fraction of sp³-hybridized carbons (Fsp3) is 0.211. The number of benzene rings is 2. The first kappa shape index (κ1) is 19.1. The van der Waals surface area contributed by atoms with Gasteiger partial charge < -0.3 is 14.8 Å². The molecule has 0 spiro atoms. The van der Waals surface area contributed by atoms with E-state index in [0.29, 0.717) is 18.5 Å². The summed E-state index contributed by atoms with van der Waals surface area (Å²) in [4.78, 5) is 34.9. The summed E-state index contributed by atoms with van der Waals surface area (Å²) in [5.41, 5.74) is 1.41. The van der Waals surface area contributed by atoms with Crippen LogP contribution in [0.1, 0.15) is 26.3 Å². The van der Waals surface area contributed by atoms with Crippen molar-refractivity contribution in [2.45, 2.75) is 6.42 Å². The van der Waals surface area contributed by atoms with Gasteiger partial charge in [-0.3, -0.25) is 4.79 Å². The number of nitrogens with one attached hydrogen (secondary N) is 1. The quantitative estimate of drug-likeness (QED) is 0.766. The highest BCUT2D eigenvalue weighted by atomic mass is 19.1. The molecule has 0 atom stereocenters. The van der Waals surface area contributed by atoms with Crippen LogP contribution in [0.25, 0.3) is 0 Å². The maximum atomic E-state index is 12.8. The number of esters is 2. The normalized spacial score (nSPS) is 10.1. The number of carbonyl (C=O) groups excluding carboxylic acids is 3. The van der Waals surface area contributed by atoms with Crippen LogP contribution in [0, 0.1) is 5.82 Å². The van der Waals surface area contributed by atoms with Crippen LogP contribution in [-0.2, 0) is 20.7 Å². The van der Waals surface area contributed by atoms with E-state index in [1.165, 1.54) is 43.5 Å². The van der Waals surface area contributed by atoms with E-state index in [9.17, 15) is 18.8 Å². The average molecular weight is 359 g/mol. The minimum absolute atomic E-state index is 0.219. The molecule has 0 saturated carbocycles. The van der Waals surface area contributed by atoms with Crippen LogP contribution in [0.4, 0.5) is 4.39 Å². The maximum Gasteiger partial charge on any atom is 0.338 e. The Labute approximate surface area is 149 Å². The average Bonchev–Trinajstić information content (AvgIpc) is 2.67. The largest absolute Gasteiger partial charge is 0.465 e. The highest BCUT2D eigenvalue weighted by molar-refractivity contribution is 5.94. The highest BCUT2D eigenvalue weighted by Gasteiger charge is 2.12. The minimum atomic E-state index is -0.671. The first-order valence-electron chi connectivity index (χ1n) is 7.86. The summed E-state index contributed by atoms with van der Waals surface area (Å²) in [5.74, 6) is -1.93. The van der Waals surface area contributed by atoms with E-state index >= 15 is 0 Å². The highest BCUT2D eigenvalue weighted by Crippen LogP contribution is 2.07. The Kier molecular flexibility index (Phi) is 6.84. The summed E-state index contributed by atoms with van der Waals surface area (Å²) >= 11 is 0. The van der Waals surface area contributed by atoms with E-state index in [4.69, 9.17) is 4.74 Å². The number of halogens is 1. The van der Waals surface area contributed by atoms with E-state index in [-0.39, 0.29) is 11.4 Å². The van der Waals surface area contributed by atoms with Crippen molar-refractivity contribution in [1.29, 1.82) is 0 Å². The van der Waals surface area contributed by atoms with E-state index in [2.05, 4.69) is 10.1 Å².